The van der Waals surface area contributed by atoms with Gasteiger partial charge in [-0.05, 0) is 56.4 Å². The summed E-state index contributed by atoms with van der Waals surface area (Å²) in [6.45, 7) is 4.13. The summed E-state index contributed by atoms with van der Waals surface area (Å²) in [5, 5.41) is 9.01. The maximum Gasteiger partial charge on any atom is 0.245 e. The van der Waals surface area contributed by atoms with Gasteiger partial charge in [0.25, 0.3) is 0 Å². The predicted octanol–water partition coefficient (Wildman–Crippen LogP) is 1.81. The molecule has 1 aromatic rings. The molecule has 0 radical (unpaired) electrons. The molecule has 0 spiro atoms. The molecule has 0 amide bonds. The Labute approximate surface area is 126 Å². The van der Waals surface area contributed by atoms with Crippen LogP contribution in [-0.4, -0.2) is 37.0 Å². The van der Waals surface area contributed by atoms with E-state index < -0.39 is 10.0 Å². The Kier molecular flexibility index (Phi) is 4.91. The molecule has 1 aliphatic rings. The summed E-state index contributed by atoms with van der Waals surface area (Å²) < 4.78 is 27.4. The lowest BCUT2D eigenvalue weighted by atomic mass is 9.93. The standard InChI is InChI=1S/C15H24N2O3S/c1-11-9-14(16)15(10-12(11)2)21(19,20)17(7-4-8-18)13-5-3-6-13/h9-10,13,18H,3-8,16H2,1-2H3. The van der Waals surface area contributed by atoms with Crippen LogP contribution >= 0.6 is 0 Å². The number of sulfonamides is 1. The predicted molar refractivity (Wildman–Crippen MR) is 83.6 cm³/mol. The van der Waals surface area contributed by atoms with Crippen molar-refractivity contribution in [2.75, 3.05) is 18.9 Å². The van der Waals surface area contributed by atoms with Crippen molar-refractivity contribution in [1.29, 1.82) is 0 Å². The van der Waals surface area contributed by atoms with Gasteiger partial charge < -0.3 is 10.8 Å². The first-order chi connectivity index (χ1) is 9.87. The molecule has 6 heteroatoms. The number of benzene rings is 1. The quantitative estimate of drug-likeness (QED) is 0.785. The number of nitrogens with two attached hydrogens (primary N) is 1. The average molecular weight is 312 g/mol. The van der Waals surface area contributed by atoms with Crippen LogP contribution < -0.4 is 5.73 Å². The van der Waals surface area contributed by atoms with Crippen LogP contribution in [0.25, 0.3) is 0 Å². The molecule has 0 heterocycles. The minimum atomic E-state index is -3.61. The molecule has 0 unspecified atom stereocenters. The fraction of sp³-hybridized carbons (Fsp3) is 0.600. The van der Waals surface area contributed by atoms with Crippen LogP contribution in [0.3, 0.4) is 0 Å². The van der Waals surface area contributed by atoms with Crippen molar-refractivity contribution in [3.05, 3.63) is 23.3 Å². The third-order valence-electron chi connectivity index (χ3n) is 4.23. The lowest BCUT2D eigenvalue weighted by molar-refractivity contribution is 0.198. The highest BCUT2D eigenvalue weighted by molar-refractivity contribution is 7.89. The van der Waals surface area contributed by atoms with E-state index in [9.17, 15) is 8.42 Å². The number of rotatable bonds is 6. The molecule has 0 bridgehead atoms. The normalized spacial score (nSPS) is 16.2. The molecular formula is C15H24N2O3S. The zero-order valence-electron chi connectivity index (χ0n) is 12.7. The first-order valence-corrected chi connectivity index (χ1v) is 8.81. The second kappa shape index (κ2) is 6.34. The van der Waals surface area contributed by atoms with E-state index in [0.29, 0.717) is 18.7 Å². The fourth-order valence-corrected chi connectivity index (χ4v) is 4.47. The molecule has 1 aliphatic carbocycles. The molecule has 0 saturated heterocycles. The Bertz CT molecular complexity index is 610. The largest absolute Gasteiger partial charge is 0.398 e. The summed E-state index contributed by atoms with van der Waals surface area (Å²) in [5.41, 5.74) is 8.14. The van der Waals surface area contributed by atoms with Gasteiger partial charge in [-0.2, -0.15) is 4.31 Å². The molecule has 118 valence electrons. The Morgan fingerprint density at radius 2 is 1.90 bits per heavy atom. The zero-order valence-corrected chi connectivity index (χ0v) is 13.5. The van der Waals surface area contributed by atoms with Crippen LogP contribution in [0.2, 0.25) is 0 Å². The number of hydrogen-bond acceptors (Lipinski definition) is 4. The van der Waals surface area contributed by atoms with Crippen LogP contribution in [0.5, 0.6) is 0 Å². The highest BCUT2D eigenvalue weighted by atomic mass is 32.2. The molecule has 1 saturated carbocycles. The highest BCUT2D eigenvalue weighted by Crippen LogP contribution is 2.33. The van der Waals surface area contributed by atoms with E-state index in [2.05, 4.69) is 0 Å². The van der Waals surface area contributed by atoms with Gasteiger partial charge in [-0.15, -0.1) is 0 Å². The van der Waals surface area contributed by atoms with Gasteiger partial charge in [-0.1, -0.05) is 6.42 Å². The minimum absolute atomic E-state index is 0.0128. The van der Waals surface area contributed by atoms with E-state index >= 15 is 0 Å². The van der Waals surface area contributed by atoms with Gasteiger partial charge in [-0.25, -0.2) is 8.42 Å². The van der Waals surface area contributed by atoms with Crippen molar-refractivity contribution in [3.63, 3.8) is 0 Å². The van der Waals surface area contributed by atoms with E-state index in [-0.39, 0.29) is 17.5 Å². The summed E-state index contributed by atoms with van der Waals surface area (Å²) >= 11 is 0. The van der Waals surface area contributed by atoms with Crippen LogP contribution in [0.1, 0.15) is 36.8 Å². The fourth-order valence-electron chi connectivity index (χ4n) is 2.56. The topological polar surface area (TPSA) is 83.6 Å². The molecule has 2 rings (SSSR count). The number of aliphatic hydroxyl groups excluding tert-OH is 1. The molecule has 1 aromatic carbocycles. The number of anilines is 1. The molecule has 0 atom stereocenters. The Morgan fingerprint density at radius 1 is 1.29 bits per heavy atom. The summed E-state index contributed by atoms with van der Waals surface area (Å²) in [6.07, 6.45) is 3.27. The van der Waals surface area contributed by atoms with E-state index in [1.54, 1.807) is 12.1 Å². The van der Waals surface area contributed by atoms with Crippen molar-refractivity contribution >= 4 is 15.7 Å². The van der Waals surface area contributed by atoms with E-state index in [1.165, 1.54) is 4.31 Å². The van der Waals surface area contributed by atoms with Crippen molar-refractivity contribution in [1.82, 2.24) is 4.31 Å². The lowest BCUT2D eigenvalue weighted by Gasteiger charge is -2.36. The summed E-state index contributed by atoms with van der Waals surface area (Å²) in [6, 6.07) is 3.42. The monoisotopic (exact) mass is 312 g/mol. The Hall–Kier alpha value is -1.11. The van der Waals surface area contributed by atoms with E-state index in [0.717, 1.165) is 30.4 Å². The maximum atomic E-state index is 12.9. The van der Waals surface area contributed by atoms with Crippen LogP contribution in [-0.2, 0) is 10.0 Å². The molecule has 0 aliphatic heterocycles. The number of aryl methyl sites for hydroxylation is 2. The Morgan fingerprint density at radius 3 is 2.43 bits per heavy atom. The van der Waals surface area contributed by atoms with E-state index in [4.69, 9.17) is 10.8 Å². The van der Waals surface area contributed by atoms with Gasteiger partial charge in [-0.3, -0.25) is 0 Å². The molecule has 5 nitrogen and oxygen atoms in total. The molecule has 0 aromatic heterocycles. The van der Waals surface area contributed by atoms with Gasteiger partial charge in [0.1, 0.15) is 4.90 Å². The minimum Gasteiger partial charge on any atom is -0.398 e. The summed E-state index contributed by atoms with van der Waals surface area (Å²) in [5.74, 6) is 0. The lowest BCUT2D eigenvalue weighted by Crippen LogP contribution is -2.45. The first kappa shape index (κ1) is 16.3. The SMILES string of the molecule is Cc1cc(N)c(S(=O)(=O)N(CCCO)C2CCC2)cc1C. The molecule has 3 N–H and O–H groups in total. The summed E-state index contributed by atoms with van der Waals surface area (Å²) in [4.78, 5) is 0.190. The maximum absolute atomic E-state index is 12.9. The van der Waals surface area contributed by atoms with Gasteiger partial charge in [0.05, 0.1) is 5.69 Å². The third-order valence-corrected chi connectivity index (χ3v) is 6.24. The number of hydrogen-bond donors (Lipinski definition) is 2. The zero-order chi connectivity index (χ0) is 15.6. The van der Waals surface area contributed by atoms with Crippen molar-refractivity contribution in [2.45, 2.75) is 50.5 Å². The van der Waals surface area contributed by atoms with Crippen molar-refractivity contribution in [2.24, 2.45) is 0 Å². The number of nitrogen functional groups attached to an aromatic ring is 1. The van der Waals surface area contributed by atoms with Gasteiger partial charge in [0.15, 0.2) is 0 Å². The number of aliphatic hydroxyl groups is 1. The van der Waals surface area contributed by atoms with Gasteiger partial charge in [0, 0.05) is 19.2 Å². The molecular weight excluding hydrogens is 288 g/mol. The third kappa shape index (κ3) is 3.22. The second-order valence-electron chi connectivity index (χ2n) is 5.75. The average Bonchev–Trinajstić information content (AvgIpc) is 2.36. The summed E-state index contributed by atoms with van der Waals surface area (Å²) in [7, 11) is -3.61. The number of nitrogens with zero attached hydrogens (tertiary/aromatic N) is 1. The second-order valence-corrected chi connectivity index (χ2v) is 7.61. The smallest absolute Gasteiger partial charge is 0.245 e. The molecule has 21 heavy (non-hydrogen) atoms. The molecule has 1 fully saturated rings. The Balaban J connectivity index is 2.40. The highest BCUT2D eigenvalue weighted by Gasteiger charge is 2.35. The van der Waals surface area contributed by atoms with Gasteiger partial charge in [0.2, 0.25) is 10.0 Å². The van der Waals surface area contributed by atoms with Crippen LogP contribution in [0.15, 0.2) is 17.0 Å². The first-order valence-electron chi connectivity index (χ1n) is 7.37. The van der Waals surface area contributed by atoms with Crippen molar-refractivity contribution < 1.29 is 13.5 Å². The van der Waals surface area contributed by atoms with Crippen molar-refractivity contribution in [3.8, 4) is 0 Å². The van der Waals surface area contributed by atoms with Gasteiger partial charge >= 0.3 is 0 Å². The van der Waals surface area contributed by atoms with Crippen LogP contribution in [0.4, 0.5) is 5.69 Å². The van der Waals surface area contributed by atoms with E-state index in [1.807, 2.05) is 13.8 Å². The van der Waals surface area contributed by atoms with Crippen LogP contribution in [0, 0.1) is 13.8 Å².